The van der Waals surface area contributed by atoms with Crippen molar-refractivity contribution in [2.45, 2.75) is 13.1 Å². The summed E-state index contributed by atoms with van der Waals surface area (Å²) in [7, 11) is 0. The van der Waals surface area contributed by atoms with E-state index in [2.05, 4.69) is 0 Å². The van der Waals surface area contributed by atoms with Gasteiger partial charge in [-0.1, -0.05) is 72.8 Å². The van der Waals surface area contributed by atoms with Crippen LogP contribution in [0.2, 0.25) is 0 Å². The Morgan fingerprint density at radius 2 is 1.25 bits per heavy atom. The summed E-state index contributed by atoms with van der Waals surface area (Å²) in [6, 6.07) is 24.7. The van der Waals surface area contributed by atoms with Crippen LogP contribution >= 0.6 is 0 Å². The highest BCUT2D eigenvalue weighted by atomic mass is 19.1. The van der Waals surface area contributed by atoms with Crippen molar-refractivity contribution in [2.75, 3.05) is 6.61 Å². The Morgan fingerprint density at radius 1 is 0.750 bits per heavy atom. The maximum atomic E-state index is 13.7. The van der Waals surface area contributed by atoms with Crippen molar-refractivity contribution in [1.82, 2.24) is 4.90 Å². The molecule has 3 aromatic rings. The molecule has 142 valence electrons. The first-order chi connectivity index (χ1) is 13.6. The molecule has 0 saturated carbocycles. The number of carbonyl (C=O) groups is 2. The van der Waals surface area contributed by atoms with E-state index in [0.717, 1.165) is 11.1 Å². The predicted octanol–water partition coefficient (Wildman–Crippen LogP) is 4.21. The Balaban J connectivity index is 1.69. The molecule has 0 N–H and O–H groups in total. The predicted molar refractivity (Wildman–Crippen MR) is 104 cm³/mol. The van der Waals surface area contributed by atoms with Crippen molar-refractivity contribution in [3.63, 3.8) is 0 Å². The van der Waals surface area contributed by atoms with Crippen molar-refractivity contribution in [3.05, 3.63) is 107 Å². The molecule has 0 fully saturated rings. The van der Waals surface area contributed by atoms with E-state index in [1.807, 2.05) is 60.7 Å². The molecule has 3 rings (SSSR count). The normalized spacial score (nSPS) is 10.3. The van der Waals surface area contributed by atoms with Gasteiger partial charge in [0.25, 0.3) is 5.91 Å². The third-order valence-corrected chi connectivity index (χ3v) is 4.21. The number of carbonyl (C=O) groups excluding carboxylic acids is 2. The van der Waals surface area contributed by atoms with Gasteiger partial charge in [-0.15, -0.1) is 0 Å². The maximum absolute atomic E-state index is 13.7. The molecule has 1 amide bonds. The zero-order valence-electron chi connectivity index (χ0n) is 15.3. The Bertz CT molecular complexity index is 887. The van der Waals surface area contributed by atoms with E-state index in [1.54, 1.807) is 11.0 Å². The second kappa shape index (κ2) is 9.46. The van der Waals surface area contributed by atoms with Crippen LogP contribution in [-0.4, -0.2) is 23.4 Å². The van der Waals surface area contributed by atoms with Crippen LogP contribution in [0.4, 0.5) is 4.39 Å². The van der Waals surface area contributed by atoms with Crippen LogP contribution in [0.5, 0.6) is 0 Å². The zero-order chi connectivity index (χ0) is 19.8. The summed E-state index contributed by atoms with van der Waals surface area (Å²) in [6.07, 6.45) is 0. The van der Waals surface area contributed by atoms with Crippen LogP contribution in [0.3, 0.4) is 0 Å². The lowest BCUT2D eigenvalue weighted by molar-refractivity contribution is -0.135. The number of hydrogen-bond acceptors (Lipinski definition) is 3. The van der Waals surface area contributed by atoms with E-state index in [9.17, 15) is 14.0 Å². The highest BCUT2D eigenvalue weighted by Crippen LogP contribution is 2.12. The second-order valence-electron chi connectivity index (χ2n) is 6.28. The Kier molecular flexibility index (Phi) is 6.52. The molecule has 0 radical (unpaired) electrons. The van der Waals surface area contributed by atoms with Crippen LogP contribution in [0.25, 0.3) is 0 Å². The van der Waals surface area contributed by atoms with Gasteiger partial charge in [-0.2, -0.15) is 0 Å². The molecule has 0 heterocycles. The van der Waals surface area contributed by atoms with E-state index >= 15 is 0 Å². The van der Waals surface area contributed by atoms with Gasteiger partial charge >= 0.3 is 5.97 Å². The highest BCUT2D eigenvalue weighted by Gasteiger charge is 2.19. The number of esters is 1. The number of benzene rings is 3. The van der Waals surface area contributed by atoms with Gasteiger partial charge in [-0.05, 0) is 23.3 Å². The monoisotopic (exact) mass is 377 g/mol. The first-order valence-corrected chi connectivity index (χ1v) is 8.91. The average molecular weight is 377 g/mol. The highest BCUT2D eigenvalue weighted by molar-refractivity contribution is 5.91. The summed E-state index contributed by atoms with van der Waals surface area (Å²) >= 11 is 0. The van der Waals surface area contributed by atoms with Crippen LogP contribution in [-0.2, 0) is 22.6 Å². The first kappa shape index (κ1) is 19.3. The van der Waals surface area contributed by atoms with Crippen LogP contribution < -0.4 is 0 Å². The van der Waals surface area contributed by atoms with Gasteiger partial charge in [0.05, 0.1) is 5.56 Å². The molecule has 28 heavy (non-hydrogen) atoms. The number of rotatable bonds is 7. The number of halogens is 1. The van der Waals surface area contributed by atoms with Gasteiger partial charge in [-0.3, -0.25) is 4.79 Å². The topological polar surface area (TPSA) is 46.6 Å². The molecule has 0 aliphatic rings. The molecule has 0 bridgehead atoms. The summed E-state index contributed by atoms with van der Waals surface area (Å²) < 4.78 is 18.8. The van der Waals surface area contributed by atoms with Crippen molar-refractivity contribution < 1.29 is 18.7 Å². The van der Waals surface area contributed by atoms with Gasteiger partial charge in [-0.25, -0.2) is 9.18 Å². The largest absolute Gasteiger partial charge is 0.452 e. The number of nitrogens with zero attached hydrogens (tertiary/aromatic N) is 1. The zero-order valence-corrected chi connectivity index (χ0v) is 15.3. The standard InChI is InChI=1S/C23H20FNO3/c24-21-14-8-7-13-20(21)23(27)28-17-22(26)25(15-18-9-3-1-4-10-18)16-19-11-5-2-6-12-19/h1-14H,15-17H2. The lowest BCUT2D eigenvalue weighted by atomic mass is 10.1. The van der Waals surface area contributed by atoms with E-state index in [4.69, 9.17) is 4.74 Å². The molecule has 0 atom stereocenters. The number of hydrogen-bond donors (Lipinski definition) is 0. The van der Waals surface area contributed by atoms with E-state index in [0.29, 0.717) is 13.1 Å². The smallest absolute Gasteiger partial charge is 0.341 e. The fourth-order valence-electron chi connectivity index (χ4n) is 2.76. The van der Waals surface area contributed by atoms with E-state index < -0.39 is 18.4 Å². The number of ether oxygens (including phenoxy) is 1. The van der Waals surface area contributed by atoms with Gasteiger partial charge in [0, 0.05) is 13.1 Å². The van der Waals surface area contributed by atoms with Crippen LogP contribution in [0.15, 0.2) is 84.9 Å². The minimum Gasteiger partial charge on any atom is -0.452 e. The van der Waals surface area contributed by atoms with Crippen molar-refractivity contribution in [1.29, 1.82) is 0 Å². The van der Waals surface area contributed by atoms with Crippen molar-refractivity contribution >= 4 is 11.9 Å². The van der Waals surface area contributed by atoms with Gasteiger partial charge < -0.3 is 9.64 Å². The van der Waals surface area contributed by atoms with Gasteiger partial charge in [0.15, 0.2) is 6.61 Å². The van der Waals surface area contributed by atoms with Gasteiger partial charge in [0.1, 0.15) is 5.82 Å². The van der Waals surface area contributed by atoms with E-state index in [1.165, 1.54) is 18.2 Å². The molecule has 0 aliphatic heterocycles. The third-order valence-electron chi connectivity index (χ3n) is 4.21. The SMILES string of the molecule is O=C(OCC(=O)N(Cc1ccccc1)Cc1ccccc1)c1ccccc1F. The second-order valence-corrected chi connectivity index (χ2v) is 6.28. The molecule has 3 aromatic carbocycles. The molecule has 0 unspecified atom stereocenters. The number of amides is 1. The fraction of sp³-hybridized carbons (Fsp3) is 0.130. The minimum atomic E-state index is -0.856. The first-order valence-electron chi connectivity index (χ1n) is 8.91. The van der Waals surface area contributed by atoms with Crippen LogP contribution in [0, 0.1) is 5.82 Å². The third kappa shape index (κ3) is 5.27. The quantitative estimate of drug-likeness (QED) is 0.580. The molecule has 5 heteroatoms. The molecular formula is C23H20FNO3. The summed E-state index contributed by atoms with van der Waals surface area (Å²) in [6.45, 7) is 0.310. The maximum Gasteiger partial charge on any atom is 0.341 e. The lowest BCUT2D eigenvalue weighted by Gasteiger charge is -2.23. The fourth-order valence-corrected chi connectivity index (χ4v) is 2.76. The summed E-state index contributed by atoms with van der Waals surface area (Å²) in [5.74, 6) is -1.88. The van der Waals surface area contributed by atoms with Gasteiger partial charge in [0.2, 0.25) is 0 Å². The molecular weight excluding hydrogens is 357 g/mol. The molecule has 0 aromatic heterocycles. The van der Waals surface area contributed by atoms with E-state index in [-0.39, 0.29) is 11.5 Å². The summed E-state index contributed by atoms with van der Waals surface area (Å²) in [5.41, 5.74) is 1.74. The van der Waals surface area contributed by atoms with Crippen LogP contribution in [0.1, 0.15) is 21.5 Å². The lowest BCUT2D eigenvalue weighted by Crippen LogP contribution is -2.34. The Hall–Kier alpha value is -3.47. The van der Waals surface area contributed by atoms with Crippen molar-refractivity contribution in [2.24, 2.45) is 0 Å². The molecule has 4 nitrogen and oxygen atoms in total. The average Bonchev–Trinajstić information content (AvgIpc) is 2.73. The molecule has 0 spiro atoms. The van der Waals surface area contributed by atoms with Crippen molar-refractivity contribution in [3.8, 4) is 0 Å². The molecule has 0 saturated heterocycles. The summed E-state index contributed by atoms with van der Waals surface area (Å²) in [4.78, 5) is 26.4. The Labute approximate surface area is 163 Å². The minimum absolute atomic E-state index is 0.187. The molecule has 0 aliphatic carbocycles. The summed E-state index contributed by atoms with van der Waals surface area (Å²) in [5, 5.41) is 0. The Morgan fingerprint density at radius 3 is 1.79 bits per heavy atom.